The summed E-state index contributed by atoms with van der Waals surface area (Å²) in [6, 6.07) is 0. The Kier molecular flexibility index (Phi) is 5.31. The fourth-order valence-electron chi connectivity index (χ4n) is 3.09. The zero-order valence-corrected chi connectivity index (χ0v) is 11.0. The molecule has 1 saturated carbocycles. The van der Waals surface area contributed by atoms with Gasteiger partial charge in [-0.1, -0.05) is 32.6 Å². The Morgan fingerprint density at radius 3 is 2.75 bits per heavy atom. The maximum atomic E-state index is 6.04. The average molecular weight is 222 g/mol. The van der Waals surface area contributed by atoms with Crippen molar-refractivity contribution in [2.45, 2.75) is 52.0 Å². The van der Waals surface area contributed by atoms with E-state index in [2.05, 4.69) is 31.0 Å². The van der Waals surface area contributed by atoms with Crippen LogP contribution in [-0.4, -0.2) is 18.6 Å². The summed E-state index contributed by atoms with van der Waals surface area (Å²) in [5.74, 6) is 7.44. The summed E-state index contributed by atoms with van der Waals surface area (Å²) in [6.07, 6.45) is 5.16. The molecule has 1 fully saturated rings. The first-order valence-corrected chi connectivity index (χ1v) is 6.51. The maximum Gasteiger partial charge on any atom is 0.0581 e. The van der Waals surface area contributed by atoms with E-state index >= 15 is 0 Å². The number of nitrogens with one attached hydrogen (secondary N) is 1. The summed E-state index contributed by atoms with van der Waals surface area (Å²) < 4.78 is 0. The molecule has 3 N–H and O–H groups in total. The molecule has 0 heterocycles. The lowest BCUT2D eigenvalue weighted by Gasteiger charge is -2.46. The molecule has 0 aromatic rings. The van der Waals surface area contributed by atoms with Crippen molar-refractivity contribution in [2.24, 2.45) is 17.6 Å². The van der Waals surface area contributed by atoms with Crippen molar-refractivity contribution in [3.8, 4) is 11.8 Å². The second-order valence-corrected chi connectivity index (χ2v) is 5.24. The Morgan fingerprint density at radius 1 is 1.44 bits per heavy atom. The van der Waals surface area contributed by atoms with E-state index < -0.39 is 0 Å². The molecule has 0 spiro atoms. The summed E-state index contributed by atoms with van der Waals surface area (Å²) in [5, 5.41) is 3.62. The van der Waals surface area contributed by atoms with E-state index in [1.165, 1.54) is 25.7 Å². The molecular formula is C14H26N2. The van der Waals surface area contributed by atoms with Gasteiger partial charge in [-0.2, -0.15) is 0 Å². The Morgan fingerprint density at radius 2 is 2.19 bits per heavy atom. The number of nitrogens with two attached hydrogens (primary N) is 1. The molecule has 0 radical (unpaired) electrons. The molecule has 0 amide bonds. The van der Waals surface area contributed by atoms with Crippen LogP contribution in [0.5, 0.6) is 0 Å². The van der Waals surface area contributed by atoms with Gasteiger partial charge in [-0.05, 0) is 31.6 Å². The van der Waals surface area contributed by atoms with Crippen LogP contribution in [0.3, 0.4) is 0 Å². The minimum Gasteiger partial charge on any atom is -0.329 e. The molecular weight excluding hydrogens is 196 g/mol. The first-order chi connectivity index (χ1) is 7.66. The molecule has 1 rings (SSSR count). The summed E-state index contributed by atoms with van der Waals surface area (Å²) >= 11 is 0. The zero-order valence-electron chi connectivity index (χ0n) is 11.0. The average Bonchev–Trinajstić information content (AvgIpc) is 2.29. The van der Waals surface area contributed by atoms with Gasteiger partial charge in [0.2, 0.25) is 0 Å². The topological polar surface area (TPSA) is 38.0 Å². The second-order valence-electron chi connectivity index (χ2n) is 5.24. The van der Waals surface area contributed by atoms with Crippen LogP contribution in [0.15, 0.2) is 0 Å². The lowest BCUT2D eigenvalue weighted by atomic mass is 9.68. The third-order valence-electron chi connectivity index (χ3n) is 3.97. The smallest absolute Gasteiger partial charge is 0.0581 e. The van der Waals surface area contributed by atoms with Crippen LogP contribution in [0, 0.1) is 23.7 Å². The van der Waals surface area contributed by atoms with Crippen molar-refractivity contribution >= 4 is 0 Å². The van der Waals surface area contributed by atoms with Gasteiger partial charge in [-0.15, -0.1) is 5.92 Å². The molecule has 0 bridgehead atoms. The normalized spacial score (nSPS) is 29.9. The van der Waals surface area contributed by atoms with E-state index in [0.717, 1.165) is 13.1 Å². The number of hydrogen-bond acceptors (Lipinski definition) is 2. The highest BCUT2D eigenvalue weighted by atomic mass is 15.0. The summed E-state index contributed by atoms with van der Waals surface area (Å²) in [7, 11) is 0. The van der Waals surface area contributed by atoms with Crippen LogP contribution in [0.4, 0.5) is 0 Å². The lowest BCUT2D eigenvalue weighted by Crippen LogP contribution is -2.59. The first kappa shape index (κ1) is 13.5. The van der Waals surface area contributed by atoms with Crippen molar-refractivity contribution in [3.05, 3.63) is 0 Å². The SMILES string of the molecule is CC#CCNC1(CN)CCCCC1C(C)C. The van der Waals surface area contributed by atoms with Crippen molar-refractivity contribution < 1.29 is 0 Å². The molecule has 0 aliphatic heterocycles. The van der Waals surface area contributed by atoms with Crippen LogP contribution in [0.2, 0.25) is 0 Å². The highest BCUT2D eigenvalue weighted by Crippen LogP contribution is 2.37. The van der Waals surface area contributed by atoms with Gasteiger partial charge in [0.05, 0.1) is 6.54 Å². The Hall–Kier alpha value is -0.520. The van der Waals surface area contributed by atoms with Gasteiger partial charge >= 0.3 is 0 Å². The molecule has 2 heteroatoms. The zero-order chi connectivity index (χ0) is 12.0. The van der Waals surface area contributed by atoms with Gasteiger partial charge in [0.1, 0.15) is 0 Å². The highest BCUT2D eigenvalue weighted by Gasteiger charge is 2.40. The Bertz CT molecular complexity index is 262. The van der Waals surface area contributed by atoms with E-state index in [9.17, 15) is 0 Å². The number of hydrogen-bond donors (Lipinski definition) is 2. The second kappa shape index (κ2) is 6.27. The predicted molar refractivity (Wildman–Crippen MR) is 70.0 cm³/mol. The molecule has 0 aromatic heterocycles. The van der Waals surface area contributed by atoms with Crippen molar-refractivity contribution in [1.82, 2.24) is 5.32 Å². The monoisotopic (exact) mass is 222 g/mol. The van der Waals surface area contributed by atoms with Crippen LogP contribution in [-0.2, 0) is 0 Å². The molecule has 1 aliphatic carbocycles. The van der Waals surface area contributed by atoms with Gasteiger partial charge in [-0.25, -0.2) is 0 Å². The maximum absolute atomic E-state index is 6.04. The molecule has 0 aromatic carbocycles. The molecule has 0 saturated heterocycles. The minimum absolute atomic E-state index is 0.135. The minimum atomic E-state index is 0.135. The molecule has 2 unspecified atom stereocenters. The van der Waals surface area contributed by atoms with Gasteiger partial charge < -0.3 is 5.73 Å². The summed E-state index contributed by atoms with van der Waals surface area (Å²) in [5.41, 5.74) is 6.17. The third kappa shape index (κ3) is 2.99. The van der Waals surface area contributed by atoms with E-state index in [0.29, 0.717) is 11.8 Å². The summed E-state index contributed by atoms with van der Waals surface area (Å²) in [4.78, 5) is 0. The molecule has 2 atom stereocenters. The molecule has 2 nitrogen and oxygen atoms in total. The standard InChI is InChI=1S/C14H26N2/c1-4-5-10-16-14(11-15)9-7-6-8-13(14)12(2)3/h12-13,16H,6-11,15H2,1-3H3. The van der Waals surface area contributed by atoms with Crippen molar-refractivity contribution in [3.63, 3.8) is 0 Å². The third-order valence-corrected chi connectivity index (χ3v) is 3.97. The van der Waals surface area contributed by atoms with E-state index in [1.807, 2.05) is 6.92 Å². The number of rotatable bonds is 4. The first-order valence-electron chi connectivity index (χ1n) is 6.51. The van der Waals surface area contributed by atoms with Crippen molar-refractivity contribution in [1.29, 1.82) is 0 Å². The van der Waals surface area contributed by atoms with Crippen LogP contribution in [0.1, 0.15) is 46.5 Å². The Balaban J connectivity index is 2.73. The van der Waals surface area contributed by atoms with E-state index in [4.69, 9.17) is 5.73 Å². The van der Waals surface area contributed by atoms with Gasteiger partial charge in [0.15, 0.2) is 0 Å². The molecule has 16 heavy (non-hydrogen) atoms. The van der Waals surface area contributed by atoms with Crippen LogP contribution >= 0.6 is 0 Å². The predicted octanol–water partition coefficient (Wildman–Crippen LogP) is 2.14. The quantitative estimate of drug-likeness (QED) is 0.715. The molecule has 1 aliphatic rings. The van der Waals surface area contributed by atoms with Crippen LogP contribution in [0.25, 0.3) is 0 Å². The van der Waals surface area contributed by atoms with Crippen LogP contribution < -0.4 is 11.1 Å². The van der Waals surface area contributed by atoms with E-state index in [-0.39, 0.29) is 5.54 Å². The highest BCUT2D eigenvalue weighted by molar-refractivity contribution is 5.04. The van der Waals surface area contributed by atoms with Gasteiger partial charge in [0, 0.05) is 12.1 Å². The fourth-order valence-corrected chi connectivity index (χ4v) is 3.09. The Labute approximate surface area is 100 Å². The largest absolute Gasteiger partial charge is 0.329 e. The lowest BCUT2D eigenvalue weighted by molar-refractivity contribution is 0.113. The van der Waals surface area contributed by atoms with Gasteiger partial charge in [-0.3, -0.25) is 5.32 Å². The molecule has 92 valence electrons. The van der Waals surface area contributed by atoms with E-state index in [1.54, 1.807) is 0 Å². The van der Waals surface area contributed by atoms with Crippen molar-refractivity contribution in [2.75, 3.05) is 13.1 Å². The van der Waals surface area contributed by atoms with Gasteiger partial charge in [0.25, 0.3) is 0 Å². The summed E-state index contributed by atoms with van der Waals surface area (Å²) in [6.45, 7) is 8.02. The fraction of sp³-hybridized carbons (Fsp3) is 0.857.